The molecule has 0 aliphatic carbocycles. The average Bonchev–Trinajstić information content (AvgIpc) is 3.01. The number of carbonyl (C=O) groups is 3. The smallest absolute Gasteiger partial charge is 0.417 e. The van der Waals surface area contributed by atoms with E-state index >= 15 is 0 Å². The number of imide groups is 1. The van der Waals surface area contributed by atoms with E-state index in [0.717, 1.165) is 23.1 Å². The lowest BCUT2D eigenvalue weighted by molar-refractivity contribution is -0.129. The van der Waals surface area contributed by atoms with Crippen LogP contribution < -0.4 is 10.1 Å². The number of hydrogen-bond donors (Lipinski definition) is 1. The fourth-order valence-electron chi connectivity index (χ4n) is 2.75. The van der Waals surface area contributed by atoms with Crippen LogP contribution in [0, 0.1) is 11.6 Å². The first-order valence-corrected chi connectivity index (χ1v) is 9.45. The Balaban J connectivity index is 1.46. The summed E-state index contributed by atoms with van der Waals surface area (Å²) in [6, 6.07) is 8.81. The van der Waals surface area contributed by atoms with Crippen molar-refractivity contribution in [3.8, 4) is 5.75 Å². The van der Waals surface area contributed by atoms with Gasteiger partial charge in [-0.3, -0.25) is 9.59 Å². The zero-order valence-corrected chi connectivity index (χ0v) is 16.8. The van der Waals surface area contributed by atoms with Gasteiger partial charge in [-0.15, -0.1) is 0 Å². The predicted octanol–water partition coefficient (Wildman–Crippen LogP) is 3.74. The minimum atomic E-state index is -1.15. The summed E-state index contributed by atoms with van der Waals surface area (Å²) in [7, 11) is 0. The Hall–Kier alpha value is -3.46. The summed E-state index contributed by atoms with van der Waals surface area (Å²) in [4.78, 5) is 37.3. The standard InChI is InChI=1S/C21H17ClF2N2O5/c1-12(25-18(27)11-30-15-6-7-16(22)17(24)10-15)8-9-26-20(28)19(31-21(26)29)13-2-4-14(23)5-3-13/h2-7,10,19H,1,8-9,11H2,(H,25,27). The van der Waals surface area contributed by atoms with E-state index < -0.39 is 42.3 Å². The van der Waals surface area contributed by atoms with Crippen LogP contribution in [0.25, 0.3) is 0 Å². The van der Waals surface area contributed by atoms with Crippen LogP contribution in [-0.2, 0) is 14.3 Å². The number of carbonyl (C=O) groups excluding carboxylic acids is 3. The van der Waals surface area contributed by atoms with Gasteiger partial charge in [0.1, 0.15) is 17.4 Å². The normalized spacial score (nSPS) is 15.6. The Labute approximate surface area is 181 Å². The second-order valence-electron chi connectivity index (χ2n) is 6.57. The second-order valence-corrected chi connectivity index (χ2v) is 6.98. The second kappa shape index (κ2) is 9.57. The van der Waals surface area contributed by atoms with Crippen LogP contribution in [0.15, 0.2) is 54.7 Å². The Bertz CT molecular complexity index is 1030. The number of nitrogens with one attached hydrogen (secondary N) is 1. The number of benzene rings is 2. The molecule has 0 saturated carbocycles. The van der Waals surface area contributed by atoms with Crippen LogP contribution in [0.4, 0.5) is 13.6 Å². The Kier molecular flexibility index (Phi) is 6.86. The quantitative estimate of drug-likeness (QED) is 0.662. The molecule has 0 spiro atoms. The van der Waals surface area contributed by atoms with Crippen molar-refractivity contribution in [1.82, 2.24) is 10.2 Å². The van der Waals surface area contributed by atoms with Gasteiger partial charge in [-0.1, -0.05) is 30.3 Å². The third-order valence-corrected chi connectivity index (χ3v) is 4.62. The molecule has 1 fully saturated rings. The molecule has 1 saturated heterocycles. The molecular weight excluding hydrogens is 434 g/mol. The molecule has 31 heavy (non-hydrogen) atoms. The monoisotopic (exact) mass is 450 g/mol. The molecule has 2 aromatic carbocycles. The number of cyclic esters (lactones) is 1. The third kappa shape index (κ3) is 5.58. The molecule has 1 heterocycles. The third-order valence-electron chi connectivity index (χ3n) is 4.32. The van der Waals surface area contributed by atoms with Crippen molar-refractivity contribution in [2.45, 2.75) is 12.5 Å². The van der Waals surface area contributed by atoms with E-state index in [2.05, 4.69) is 11.9 Å². The van der Waals surface area contributed by atoms with Gasteiger partial charge in [-0.2, -0.15) is 0 Å². The van der Waals surface area contributed by atoms with Gasteiger partial charge >= 0.3 is 6.09 Å². The molecule has 1 aliphatic rings. The topological polar surface area (TPSA) is 84.9 Å². The molecule has 0 radical (unpaired) electrons. The molecular formula is C21H17ClF2N2O5. The minimum Gasteiger partial charge on any atom is -0.484 e. The van der Waals surface area contributed by atoms with Gasteiger partial charge < -0.3 is 14.8 Å². The first kappa shape index (κ1) is 22.2. The minimum absolute atomic E-state index is 0.0677. The van der Waals surface area contributed by atoms with E-state index in [-0.39, 0.29) is 29.4 Å². The summed E-state index contributed by atoms with van der Waals surface area (Å²) in [5, 5.41) is 2.40. The Morgan fingerprint density at radius 3 is 2.58 bits per heavy atom. The number of halogens is 3. The SMILES string of the molecule is C=C(CCN1C(=O)OC(c2ccc(F)cc2)C1=O)NC(=O)COc1ccc(Cl)c(F)c1. The van der Waals surface area contributed by atoms with Crippen LogP contribution in [0.3, 0.4) is 0 Å². The molecule has 0 aromatic heterocycles. The van der Waals surface area contributed by atoms with Crippen LogP contribution in [-0.4, -0.2) is 36.0 Å². The highest BCUT2D eigenvalue weighted by Crippen LogP contribution is 2.28. The van der Waals surface area contributed by atoms with Gasteiger partial charge in [0.05, 0.1) is 5.02 Å². The number of amides is 3. The van der Waals surface area contributed by atoms with Crippen molar-refractivity contribution >= 4 is 29.5 Å². The molecule has 10 heteroatoms. The Morgan fingerprint density at radius 1 is 1.19 bits per heavy atom. The average molecular weight is 451 g/mol. The summed E-state index contributed by atoms with van der Waals surface area (Å²) in [5.74, 6) is -2.18. The van der Waals surface area contributed by atoms with Crippen LogP contribution >= 0.6 is 11.6 Å². The van der Waals surface area contributed by atoms with E-state index in [1.54, 1.807) is 0 Å². The van der Waals surface area contributed by atoms with Crippen molar-refractivity contribution < 1.29 is 32.6 Å². The highest BCUT2D eigenvalue weighted by atomic mass is 35.5. The molecule has 162 valence electrons. The summed E-state index contributed by atoms with van der Waals surface area (Å²) in [6.07, 6.45) is -1.91. The van der Waals surface area contributed by atoms with Crippen molar-refractivity contribution in [3.05, 3.63) is 77.0 Å². The summed E-state index contributed by atoms with van der Waals surface area (Å²) >= 11 is 5.57. The van der Waals surface area contributed by atoms with Crippen LogP contribution in [0.1, 0.15) is 18.1 Å². The van der Waals surface area contributed by atoms with Crippen molar-refractivity contribution in [1.29, 1.82) is 0 Å². The van der Waals surface area contributed by atoms with Crippen molar-refractivity contribution in [2.24, 2.45) is 0 Å². The van der Waals surface area contributed by atoms with Crippen LogP contribution in [0.2, 0.25) is 5.02 Å². The molecule has 3 amide bonds. The zero-order chi connectivity index (χ0) is 22.5. The lowest BCUT2D eigenvalue weighted by Crippen LogP contribution is -2.33. The summed E-state index contributed by atoms with van der Waals surface area (Å²) in [5.41, 5.74) is 0.590. The first-order chi connectivity index (χ1) is 14.7. The highest BCUT2D eigenvalue weighted by molar-refractivity contribution is 6.30. The van der Waals surface area contributed by atoms with Gasteiger partial charge in [-0.05, 0) is 24.3 Å². The van der Waals surface area contributed by atoms with Gasteiger partial charge in [0.2, 0.25) is 6.10 Å². The molecule has 1 N–H and O–H groups in total. The summed E-state index contributed by atoms with van der Waals surface area (Å²) in [6.45, 7) is 3.20. The molecule has 0 bridgehead atoms. The number of ether oxygens (including phenoxy) is 2. The van der Waals surface area contributed by atoms with E-state index in [1.165, 1.54) is 24.3 Å². The number of nitrogens with zero attached hydrogens (tertiary/aromatic N) is 1. The number of rotatable bonds is 8. The van der Waals surface area contributed by atoms with Gasteiger partial charge in [0, 0.05) is 30.3 Å². The van der Waals surface area contributed by atoms with Crippen molar-refractivity contribution in [3.63, 3.8) is 0 Å². The predicted molar refractivity (Wildman–Crippen MR) is 106 cm³/mol. The fourth-order valence-corrected chi connectivity index (χ4v) is 2.87. The highest BCUT2D eigenvalue weighted by Gasteiger charge is 2.41. The fraction of sp³-hybridized carbons (Fsp3) is 0.190. The molecule has 7 nitrogen and oxygen atoms in total. The molecule has 1 unspecified atom stereocenters. The van der Waals surface area contributed by atoms with Crippen molar-refractivity contribution in [2.75, 3.05) is 13.2 Å². The van der Waals surface area contributed by atoms with E-state index in [9.17, 15) is 23.2 Å². The van der Waals surface area contributed by atoms with E-state index in [1.807, 2.05) is 0 Å². The lowest BCUT2D eigenvalue weighted by Gasteiger charge is -2.13. The van der Waals surface area contributed by atoms with Gasteiger partial charge in [-0.25, -0.2) is 18.5 Å². The summed E-state index contributed by atoms with van der Waals surface area (Å²) < 4.78 is 36.7. The van der Waals surface area contributed by atoms with Gasteiger partial charge in [0.15, 0.2) is 6.61 Å². The molecule has 1 atom stereocenters. The molecule has 1 aliphatic heterocycles. The maximum Gasteiger partial charge on any atom is 0.417 e. The maximum atomic E-state index is 13.4. The largest absolute Gasteiger partial charge is 0.484 e. The molecule has 2 aromatic rings. The van der Waals surface area contributed by atoms with Gasteiger partial charge in [0.25, 0.3) is 11.8 Å². The first-order valence-electron chi connectivity index (χ1n) is 9.07. The van der Waals surface area contributed by atoms with E-state index in [4.69, 9.17) is 21.1 Å². The Morgan fingerprint density at radius 2 is 1.90 bits per heavy atom. The molecule has 3 rings (SSSR count). The van der Waals surface area contributed by atoms with Crippen LogP contribution in [0.5, 0.6) is 5.75 Å². The lowest BCUT2D eigenvalue weighted by atomic mass is 10.1. The maximum absolute atomic E-state index is 13.4. The number of hydrogen-bond acceptors (Lipinski definition) is 5. The van der Waals surface area contributed by atoms with E-state index in [0.29, 0.717) is 5.56 Å². The zero-order valence-electron chi connectivity index (χ0n) is 16.1.